The van der Waals surface area contributed by atoms with Crippen molar-refractivity contribution < 1.29 is 14.6 Å². The van der Waals surface area contributed by atoms with Crippen molar-refractivity contribution >= 4 is 0 Å². The molecule has 2 unspecified atom stereocenters. The van der Waals surface area contributed by atoms with Gasteiger partial charge in [-0.15, -0.1) is 0 Å². The SMILES string of the molecule is OC(CNCC1CCCO1)CN1CCOCC1. The molecule has 2 aliphatic heterocycles. The zero-order valence-corrected chi connectivity index (χ0v) is 10.4. The van der Waals surface area contributed by atoms with Gasteiger partial charge in [0, 0.05) is 39.3 Å². The molecule has 0 saturated carbocycles. The van der Waals surface area contributed by atoms with Crippen LogP contribution in [0.15, 0.2) is 0 Å². The second-order valence-electron chi connectivity index (χ2n) is 4.86. The van der Waals surface area contributed by atoms with Gasteiger partial charge in [-0.25, -0.2) is 0 Å². The molecule has 0 aromatic carbocycles. The van der Waals surface area contributed by atoms with E-state index in [1.165, 1.54) is 6.42 Å². The molecular weight excluding hydrogens is 220 g/mol. The van der Waals surface area contributed by atoms with E-state index >= 15 is 0 Å². The molecule has 0 radical (unpaired) electrons. The molecule has 2 heterocycles. The van der Waals surface area contributed by atoms with Gasteiger partial charge < -0.3 is 19.9 Å². The minimum atomic E-state index is -0.297. The Kier molecular flexibility index (Phi) is 5.67. The van der Waals surface area contributed by atoms with Gasteiger partial charge in [-0.05, 0) is 12.8 Å². The second kappa shape index (κ2) is 7.28. The first-order valence-corrected chi connectivity index (χ1v) is 6.65. The lowest BCUT2D eigenvalue weighted by atomic mass is 10.2. The Morgan fingerprint density at radius 1 is 1.29 bits per heavy atom. The third-order valence-electron chi connectivity index (χ3n) is 3.35. The second-order valence-corrected chi connectivity index (χ2v) is 4.86. The van der Waals surface area contributed by atoms with Crippen LogP contribution in [0.3, 0.4) is 0 Å². The van der Waals surface area contributed by atoms with E-state index in [-0.39, 0.29) is 6.10 Å². The van der Waals surface area contributed by atoms with E-state index in [1.807, 2.05) is 0 Å². The fraction of sp³-hybridized carbons (Fsp3) is 1.00. The summed E-state index contributed by atoms with van der Waals surface area (Å²) in [5.74, 6) is 0. The maximum absolute atomic E-state index is 9.89. The lowest BCUT2D eigenvalue weighted by Crippen LogP contribution is -2.44. The van der Waals surface area contributed by atoms with Crippen LogP contribution in [-0.2, 0) is 9.47 Å². The first-order chi connectivity index (χ1) is 8.34. The van der Waals surface area contributed by atoms with Crippen LogP contribution in [0.1, 0.15) is 12.8 Å². The maximum Gasteiger partial charge on any atom is 0.0791 e. The maximum atomic E-state index is 9.89. The van der Waals surface area contributed by atoms with Gasteiger partial charge in [0.2, 0.25) is 0 Å². The lowest BCUT2D eigenvalue weighted by molar-refractivity contribution is 0.0142. The Morgan fingerprint density at radius 2 is 2.12 bits per heavy atom. The number of rotatable bonds is 6. The highest BCUT2D eigenvalue weighted by Crippen LogP contribution is 2.10. The highest BCUT2D eigenvalue weighted by Gasteiger charge is 2.17. The predicted octanol–water partition coefficient (Wildman–Crippen LogP) is -0.552. The van der Waals surface area contributed by atoms with Crippen molar-refractivity contribution in [2.45, 2.75) is 25.0 Å². The van der Waals surface area contributed by atoms with Gasteiger partial charge in [-0.3, -0.25) is 4.90 Å². The number of ether oxygens (including phenoxy) is 2. The molecule has 2 aliphatic rings. The Balaban J connectivity index is 1.52. The molecule has 0 aliphatic carbocycles. The summed E-state index contributed by atoms with van der Waals surface area (Å²) in [6, 6.07) is 0. The first kappa shape index (κ1) is 13.2. The molecule has 2 fully saturated rings. The van der Waals surface area contributed by atoms with Crippen molar-refractivity contribution in [3.8, 4) is 0 Å². The topological polar surface area (TPSA) is 54.0 Å². The van der Waals surface area contributed by atoms with Crippen molar-refractivity contribution in [3.63, 3.8) is 0 Å². The molecule has 2 N–H and O–H groups in total. The highest BCUT2D eigenvalue weighted by atomic mass is 16.5. The van der Waals surface area contributed by atoms with E-state index in [2.05, 4.69) is 10.2 Å². The number of morpholine rings is 1. The van der Waals surface area contributed by atoms with E-state index in [0.29, 0.717) is 12.6 Å². The summed E-state index contributed by atoms with van der Waals surface area (Å²) >= 11 is 0. The van der Waals surface area contributed by atoms with Crippen LogP contribution in [0.25, 0.3) is 0 Å². The number of aliphatic hydroxyl groups excluding tert-OH is 1. The average Bonchev–Trinajstić information content (AvgIpc) is 2.83. The summed E-state index contributed by atoms with van der Waals surface area (Å²) in [4.78, 5) is 2.25. The quantitative estimate of drug-likeness (QED) is 0.656. The average molecular weight is 244 g/mol. The molecule has 5 nitrogen and oxygen atoms in total. The largest absolute Gasteiger partial charge is 0.390 e. The van der Waals surface area contributed by atoms with Crippen molar-refractivity contribution in [3.05, 3.63) is 0 Å². The number of aliphatic hydroxyl groups is 1. The van der Waals surface area contributed by atoms with Crippen LogP contribution >= 0.6 is 0 Å². The van der Waals surface area contributed by atoms with E-state index in [0.717, 1.165) is 52.4 Å². The summed E-state index contributed by atoms with van der Waals surface area (Å²) in [6.45, 7) is 6.58. The Labute approximate surface area is 103 Å². The molecule has 0 amide bonds. The summed E-state index contributed by atoms with van der Waals surface area (Å²) in [5.41, 5.74) is 0. The molecule has 0 aromatic rings. The van der Waals surface area contributed by atoms with Gasteiger partial charge in [0.15, 0.2) is 0 Å². The van der Waals surface area contributed by atoms with E-state index in [4.69, 9.17) is 9.47 Å². The van der Waals surface area contributed by atoms with Crippen LogP contribution in [0, 0.1) is 0 Å². The van der Waals surface area contributed by atoms with Gasteiger partial charge in [-0.1, -0.05) is 0 Å². The molecule has 2 atom stereocenters. The number of hydrogen-bond donors (Lipinski definition) is 2. The third-order valence-corrected chi connectivity index (χ3v) is 3.35. The van der Waals surface area contributed by atoms with Crippen LogP contribution < -0.4 is 5.32 Å². The summed E-state index contributed by atoms with van der Waals surface area (Å²) in [7, 11) is 0. The molecule has 2 saturated heterocycles. The van der Waals surface area contributed by atoms with Gasteiger partial charge in [0.25, 0.3) is 0 Å². The minimum absolute atomic E-state index is 0.297. The predicted molar refractivity (Wildman–Crippen MR) is 65.1 cm³/mol. The molecular formula is C12H24N2O3. The number of β-amino-alcohol motifs (C(OH)–C–C–N with tert-alkyl or cyclic N) is 1. The van der Waals surface area contributed by atoms with Crippen LogP contribution in [0.2, 0.25) is 0 Å². The fourth-order valence-corrected chi connectivity index (χ4v) is 2.36. The normalized spacial score (nSPS) is 28.4. The Morgan fingerprint density at radius 3 is 2.82 bits per heavy atom. The zero-order chi connectivity index (χ0) is 11.9. The van der Waals surface area contributed by atoms with E-state index < -0.39 is 0 Å². The zero-order valence-electron chi connectivity index (χ0n) is 10.4. The molecule has 100 valence electrons. The standard InChI is InChI=1S/C12H24N2O3/c15-11(10-14-3-6-16-7-4-14)8-13-9-12-2-1-5-17-12/h11-13,15H,1-10H2. The summed E-state index contributed by atoms with van der Waals surface area (Å²) in [6.07, 6.45) is 2.37. The van der Waals surface area contributed by atoms with Gasteiger partial charge in [-0.2, -0.15) is 0 Å². The van der Waals surface area contributed by atoms with Crippen molar-refractivity contribution in [1.82, 2.24) is 10.2 Å². The van der Waals surface area contributed by atoms with Gasteiger partial charge >= 0.3 is 0 Å². The highest BCUT2D eigenvalue weighted by molar-refractivity contribution is 4.72. The Bertz CT molecular complexity index is 204. The summed E-state index contributed by atoms with van der Waals surface area (Å²) in [5, 5.41) is 13.2. The van der Waals surface area contributed by atoms with Crippen molar-refractivity contribution in [2.24, 2.45) is 0 Å². The molecule has 5 heteroatoms. The first-order valence-electron chi connectivity index (χ1n) is 6.65. The smallest absolute Gasteiger partial charge is 0.0791 e. The molecule has 0 spiro atoms. The molecule has 0 aromatic heterocycles. The third kappa shape index (κ3) is 4.89. The van der Waals surface area contributed by atoms with E-state index in [1.54, 1.807) is 0 Å². The molecule has 17 heavy (non-hydrogen) atoms. The number of nitrogens with zero attached hydrogens (tertiary/aromatic N) is 1. The Hall–Kier alpha value is -0.200. The molecule has 2 rings (SSSR count). The van der Waals surface area contributed by atoms with Gasteiger partial charge in [0.05, 0.1) is 25.4 Å². The van der Waals surface area contributed by atoms with Crippen LogP contribution in [0.4, 0.5) is 0 Å². The van der Waals surface area contributed by atoms with Crippen molar-refractivity contribution in [1.29, 1.82) is 0 Å². The van der Waals surface area contributed by atoms with Crippen LogP contribution in [-0.4, -0.2) is 74.8 Å². The summed E-state index contributed by atoms with van der Waals surface area (Å²) < 4.78 is 10.8. The van der Waals surface area contributed by atoms with E-state index in [9.17, 15) is 5.11 Å². The number of hydrogen-bond acceptors (Lipinski definition) is 5. The van der Waals surface area contributed by atoms with Crippen LogP contribution in [0.5, 0.6) is 0 Å². The monoisotopic (exact) mass is 244 g/mol. The fourth-order valence-electron chi connectivity index (χ4n) is 2.36. The van der Waals surface area contributed by atoms with Crippen molar-refractivity contribution in [2.75, 3.05) is 52.5 Å². The minimum Gasteiger partial charge on any atom is -0.390 e. The molecule has 0 bridgehead atoms. The lowest BCUT2D eigenvalue weighted by Gasteiger charge is -2.28. The van der Waals surface area contributed by atoms with Gasteiger partial charge in [0.1, 0.15) is 0 Å². The number of nitrogens with one attached hydrogen (secondary N) is 1.